The Labute approximate surface area is 141 Å². The fourth-order valence-corrected chi connectivity index (χ4v) is 3.10. The fourth-order valence-electron chi connectivity index (χ4n) is 2.69. The van der Waals surface area contributed by atoms with Crippen LogP contribution in [0.1, 0.15) is 27.6 Å². The number of hydrogen-bond acceptors (Lipinski definition) is 4. The van der Waals surface area contributed by atoms with Crippen molar-refractivity contribution in [3.63, 3.8) is 0 Å². The summed E-state index contributed by atoms with van der Waals surface area (Å²) in [7, 11) is 0. The van der Waals surface area contributed by atoms with Crippen LogP contribution in [0.2, 0.25) is 0 Å². The number of Topliss-reactive ketones (excluding diaryl/α,β-unsaturated/α-hetero) is 1. The molecule has 1 fully saturated rings. The number of ether oxygens (including phenoxy) is 1. The molecule has 1 unspecified atom stereocenters. The predicted molar refractivity (Wildman–Crippen MR) is 94.3 cm³/mol. The Morgan fingerprint density at radius 1 is 1.17 bits per heavy atom. The largest absolute Gasteiger partial charge is 0.371 e. The number of benzene rings is 2. The quantitative estimate of drug-likeness (QED) is 0.674. The van der Waals surface area contributed by atoms with Crippen molar-refractivity contribution in [3.8, 4) is 0 Å². The molecule has 1 N–H and O–H groups in total. The van der Waals surface area contributed by atoms with Gasteiger partial charge in [-0.3, -0.25) is 4.79 Å². The van der Waals surface area contributed by atoms with Crippen LogP contribution in [0.4, 0.5) is 0 Å². The molecule has 1 heterocycles. The van der Waals surface area contributed by atoms with Gasteiger partial charge in [0, 0.05) is 30.0 Å². The van der Waals surface area contributed by atoms with Gasteiger partial charge in [0.05, 0.1) is 12.7 Å². The highest BCUT2D eigenvalue weighted by atomic mass is 32.2. The van der Waals surface area contributed by atoms with Crippen LogP contribution in [-0.2, 0) is 11.2 Å². The molecule has 3 rings (SSSR count). The summed E-state index contributed by atoms with van der Waals surface area (Å²) in [6.07, 6.45) is 2.58. The van der Waals surface area contributed by atoms with Gasteiger partial charge >= 0.3 is 0 Å². The maximum absolute atomic E-state index is 12.4. The Morgan fingerprint density at radius 3 is 2.52 bits per heavy atom. The summed E-state index contributed by atoms with van der Waals surface area (Å²) in [6.45, 7) is 2.51. The minimum Gasteiger partial charge on any atom is -0.371 e. The molecule has 0 bridgehead atoms. The Balaban J connectivity index is 1.63. The molecule has 0 spiro atoms. The molecular weight excluding hydrogens is 306 g/mol. The van der Waals surface area contributed by atoms with E-state index in [1.54, 1.807) is 11.8 Å². The average Bonchev–Trinajstić information content (AvgIpc) is 2.63. The zero-order valence-electron chi connectivity index (χ0n) is 13.2. The summed E-state index contributed by atoms with van der Waals surface area (Å²) in [5, 5.41) is 3.33. The van der Waals surface area contributed by atoms with Crippen LogP contribution in [0.5, 0.6) is 0 Å². The highest BCUT2D eigenvalue weighted by Crippen LogP contribution is 2.20. The van der Waals surface area contributed by atoms with Gasteiger partial charge in [0.25, 0.3) is 0 Å². The Kier molecular flexibility index (Phi) is 5.49. The van der Waals surface area contributed by atoms with Crippen molar-refractivity contribution in [2.24, 2.45) is 0 Å². The van der Waals surface area contributed by atoms with Gasteiger partial charge < -0.3 is 10.1 Å². The van der Waals surface area contributed by atoms with Gasteiger partial charge in [-0.1, -0.05) is 36.4 Å². The highest BCUT2D eigenvalue weighted by molar-refractivity contribution is 7.98. The summed E-state index contributed by atoms with van der Waals surface area (Å²) in [5.41, 5.74) is 2.97. The molecular formula is C19H21NO2S. The number of rotatable bonds is 5. The number of thioether (sulfide) groups is 1. The average molecular weight is 327 g/mol. The smallest absolute Gasteiger partial charge is 0.167 e. The molecule has 2 aromatic rings. The van der Waals surface area contributed by atoms with E-state index in [9.17, 15) is 4.79 Å². The summed E-state index contributed by atoms with van der Waals surface area (Å²) in [6, 6.07) is 16.0. The topological polar surface area (TPSA) is 38.3 Å². The van der Waals surface area contributed by atoms with E-state index in [1.807, 2.05) is 42.7 Å². The van der Waals surface area contributed by atoms with E-state index in [0.717, 1.165) is 36.4 Å². The van der Waals surface area contributed by atoms with Crippen molar-refractivity contribution >= 4 is 17.5 Å². The molecule has 23 heavy (non-hydrogen) atoms. The molecule has 3 nitrogen and oxygen atoms in total. The zero-order chi connectivity index (χ0) is 16.1. The summed E-state index contributed by atoms with van der Waals surface area (Å²) < 4.78 is 5.74. The van der Waals surface area contributed by atoms with Crippen molar-refractivity contribution in [1.29, 1.82) is 0 Å². The van der Waals surface area contributed by atoms with Crippen molar-refractivity contribution in [1.82, 2.24) is 5.32 Å². The number of ketones is 1. The van der Waals surface area contributed by atoms with Gasteiger partial charge in [0.2, 0.25) is 0 Å². The third-order valence-electron chi connectivity index (χ3n) is 4.06. The monoisotopic (exact) mass is 327 g/mol. The SMILES string of the molecule is CSc1ccc(C(=O)Cc2ccc(C3CNCCO3)cc2)cc1. The molecule has 0 amide bonds. The Hall–Kier alpha value is -1.62. The lowest BCUT2D eigenvalue weighted by Gasteiger charge is -2.24. The third-order valence-corrected chi connectivity index (χ3v) is 4.80. The van der Waals surface area contributed by atoms with E-state index < -0.39 is 0 Å². The van der Waals surface area contributed by atoms with Crippen LogP contribution in [0.25, 0.3) is 0 Å². The summed E-state index contributed by atoms with van der Waals surface area (Å²) in [4.78, 5) is 13.5. The van der Waals surface area contributed by atoms with Crippen molar-refractivity contribution in [2.45, 2.75) is 17.4 Å². The molecule has 1 saturated heterocycles. The van der Waals surface area contributed by atoms with Crippen LogP contribution in [0, 0.1) is 0 Å². The van der Waals surface area contributed by atoms with Crippen LogP contribution in [0.3, 0.4) is 0 Å². The van der Waals surface area contributed by atoms with Crippen LogP contribution in [0.15, 0.2) is 53.4 Å². The lowest BCUT2D eigenvalue weighted by molar-refractivity contribution is 0.0277. The van der Waals surface area contributed by atoms with Gasteiger partial charge in [0.1, 0.15) is 0 Å². The van der Waals surface area contributed by atoms with Crippen molar-refractivity contribution in [3.05, 3.63) is 65.2 Å². The number of hydrogen-bond donors (Lipinski definition) is 1. The van der Waals surface area contributed by atoms with Crippen LogP contribution in [-0.4, -0.2) is 31.7 Å². The van der Waals surface area contributed by atoms with E-state index >= 15 is 0 Å². The molecule has 1 aliphatic rings. The first kappa shape index (κ1) is 16.2. The maximum Gasteiger partial charge on any atom is 0.167 e. The summed E-state index contributed by atoms with van der Waals surface area (Å²) >= 11 is 1.68. The van der Waals surface area contributed by atoms with Crippen molar-refractivity contribution in [2.75, 3.05) is 26.0 Å². The molecule has 120 valence electrons. The maximum atomic E-state index is 12.4. The minimum absolute atomic E-state index is 0.118. The van der Waals surface area contributed by atoms with Gasteiger partial charge in [-0.15, -0.1) is 11.8 Å². The second-order valence-corrected chi connectivity index (χ2v) is 6.51. The predicted octanol–water partition coefficient (Wildman–Crippen LogP) is 3.49. The molecule has 1 atom stereocenters. The van der Waals surface area contributed by atoms with Gasteiger partial charge in [-0.2, -0.15) is 0 Å². The van der Waals surface area contributed by atoms with Crippen LogP contribution >= 0.6 is 11.8 Å². The van der Waals surface area contributed by atoms with Gasteiger partial charge in [-0.05, 0) is 29.5 Å². The zero-order valence-corrected chi connectivity index (χ0v) is 14.1. The minimum atomic E-state index is 0.118. The second-order valence-electron chi connectivity index (χ2n) is 5.63. The lowest BCUT2D eigenvalue weighted by atomic mass is 10.0. The van der Waals surface area contributed by atoms with Crippen molar-refractivity contribution < 1.29 is 9.53 Å². The number of carbonyl (C=O) groups excluding carboxylic acids is 1. The van der Waals surface area contributed by atoms with E-state index in [2.05, 4.69) is 17.4 Å². The molecule has 1 aliphatic heterocycles. The van der Waals surface area contributed by atoms with E-state index in [0.29, 0.717) is 6.42 Å². The highest BCUT2D eigenvalue weighted by Gasteiger charge is 2.15. The second kappa shape index (κ2) is 7.77. The molecule has 4 heteroatoms. The van der Waals surface area contributed by atoms with Gasteiger partial charge in [-0.25, -0.2) is 0 Å². The molecule has 0 aliphatic carbocycles. The lowest BCUT2D eigenvalue weighted by Crippen LogP contribution is -2.33. The first-order chi connectivity index (χ1) is 11.3. The first-order valence-electron chi connectivity index (χ1n) is 7.84. The standard InChI is InChI=1S/C19H21NO2S/c1-23-17-8-6-15(7-9-17)18(21)12-14-2-4-16(5-3-14)19-13-20-10-11-22-19/h2-9,19-20H,10-13H2,1H3. The molecule has 2 aromatic carbocycles. The third kappa shape index (κ3) is 4.22. The number of nitrogens with one attached hydrogen (secondary N) is 1. The molecule has 0 saturated carbocycles. The van der Waals surface area contributed by atoms with E-state index in [-0.39, 0.29) is 11.9 Å². The fraction of sp³-hybridized carbons (Fsp3) is 0.316. The molecule has 0 aromatic heterocycles. The van der Waals surface area contributed by atoms with E-state index in [4.69, 9.17) is 4.74 Å². The Bertz CT molecular complexity index is 646. The normalized spacial score (nSPS) is 17.9. The first-order valence-corrected chi connectivity index (χ1v) is 9.07. The van der Waals surface area contributed by atoms with Gasteiger partial charge in [0.15, 0.2) is 5.78 Å². The molecule has 0 radical (unpaired) electrons. The van der Waals surface area contributed by atoms with E-state index in [1.165, 1.54) is 4.90 Å². The number of carbonyl (C=O) groups is 1. The van der Waals surface area contributed by atoms with Crippen LogP contribution < -0.4 is 5.32 Å². The summed E-state index contributed by atoms with van der Waals surface area (Å²) in [5.74, 6) is 0.154. The number of morpholine rings is 1. The Morgan fingerprint density at radius 2 is 1.91 bits per heavy atom.